The number of allylic oxidation sites excluding steroid dienone is 1. The van der Waals surface area contributed by atoms with Crippen LogP contribution < -0.4 is 10.3 Å². The lowest BCUT2D eigenvalue weighted by molar-refractivity contribution is -0.131. The molecule has 0 spiro atoms. The first-order valence-electron chi connectivity index (χ1n) is 8.61. The quantitative estimate of drug-likeness (QED) is 0.422. The zero-order chi connectivity index (χ0) is 21.1. The van der Waals surface area contributed by atoms with Gasteiger partial charge >= 0.3 is 0 Å². The number of halogens is 1. The van der Waals surface area contributed by atoms with Gasteiger partial charge in [0, 0.05) is 20.1 Å². The number of rotatable bonds is 7. The van der Waals surface area contributed by atoms with Gasteiger partial charge in [-0.05, 0) is 29.9 Å². The van der Waals surface area contributed by atoms with Crippen molar-refractivity contribution in [1.29, 1.82) is 0 Å². The van der Waals surface area contributed by atoms with E-state index in [9.17, 15) is 14.0 Å². The Morgan fingerprint density at radius 3 is 2.90 bits per heavy atom. The number of amides is 1. The van der Waals surface area contributed by atoms with E-state index in [1.807, 2.05) is 0 Å². The third-order valence-corrected chi connectivity index (χ3v) is 5.75. The van der Waals surface area contributed by atoms with Crippen LogP contribution in [0.2, 0.25) is 0 Å². The lowest BCUT2D eigenvalue weighted by Gasteiger charge is -2.18. The van der Waals surface area contributed by atoms with Crippen LogP contribution >= 0.6 is 23.6 Å². The molecule has 1 amide bonds. The fourth-order valence-corrected chi connectivity index (χ4v) is 4.13. The van der Waals surface area contributed by atoms with Crippen molar-refractivity contribution in [2.45, 2.75) is 19.6 Å². The predicted octanol–water partition coefficient (Wildman–Crippen LogP) is 2.98. The standard InChI is InChI=1S/C19H19FN4O3S2/c1-4-7-24-17-16(29-19(24)28)18(26)23(11-21-17)10-15(25)22(2)9-12-5-6-14(27-3)13(20)8-12/h4-6,8,11H,1,7,9-10H2,2-3H3. The van der Waals surface area contributed by atoms with Crippen molar-refractivity contribution in [2.24, 2.45) is 0 Å². The molecule has 2 heterocycles. The van der Waals surface area contributed by atoms with Crippen LogP contribution in [0, 0.1) is 9.77 Å². The minimum Gasteiger partial charge on any atom is -0.494 e. The van der Waals surface area contributed by atoms with Gasteiger partial charge < -0.3 is 14.2 Å². The number of nitrogens with zero attached hydrogens (tertiary/aromatic N) is 4. The van der Waals surface area contributed by atoms with Crippen molar-refractivity contribution >= 4 is 39.8 Å². The number of aromatic nitrogens is 3. The van der Waals surface area contributed by atoms with Gasteiger partial charge in [-0.2, -0.15) is 0 Å². The lowest BCUT2D eigenvalue weighted by atomic mass is 10.2. The van der Waals surface area contributed by atoms with Crippen molar-refractivity contribution in [3.63, 3.8) is 0 Å². The zero-order valence-electron chi connectivity index (χ0n) is 15.9. The second-order valence-electron chi connectivity index (χ2n) is 6.32. The zero-order valence-corrected chi connectivity index (χ0v) is 17.6. The summed E-state index contributed by atoms with van der Waals surface area (Å²) in [5.41, 5.74) is 0.765. The van der Waals surface area contributed by atoms with Crippen LogP contribution in [-0.2, 0) is 24.4 Å². The molecule has 0 fully saturated rings. The number of fused-ring (bicyclic) bond motifs is 1. The Labute approximate surface area is 175 Å². The van der Waals surface area contributed by atoms with E-state index in [4.69, 9.17) is 17.0 Å². The predicted molar refractivity (Wildman–Crippen MR) is 112 cm³/mol. The highest BCUT2D eigenvalue weighted by Crippen LogP contribution is 2.19. The number of likely N-dealkylation sites (N-methyl/N-ethyl adjacent to an activating group) is 1. The van der Waals surface area contributed by atoms with Gasteiger partial charge in [0.05, 0.1) is 7.11 Å². The summed E-state index contributed by atoms with van der Waals surface area (Å²) in [6.45, 7) is 4.15. The van der Waals surface area contributed by atoms with E-state index in [1.165, 1.54) is 35.0 Å². The molecule has 152 valence electrons. The van der Waals surface area contributed by atoms with Gasteiger partial charge in [-0.25, -0.2) is 9.37 Å². The molecule has 0 aliphatic carbocycles. The van der Waals surface area contributed by atoms with Crippen molar-refractivity contribution in [1.82, 2.24) is 19.0 Å². The SMILES string of the molecule is C=CCn1c(=S)sc2c(=O)n(CC(=O)N(C)Cc3ccc(OC)c(F)c3)cnc21. The van der Waals surface area contributed by atoms with Crippen molar-refractivity contribution < 1.29 is 13.9 Å². The second-order valence-corrected chi connectivity index (χ2v) is 7.96. The number of hydrogen-bond acceptors (Lipinski definition) is 6. The molecule has 0 unspecified atom stereocenters. The monoisotopic (exact) mass is 434 g/mol. The molecule has 0 aliphatic rings. The van der Waals surface area contributed by atoms with Gasteiger partial charge in [0.2, 0.25) is 5.91 Å². The van der Waals surface area contributed by atoms with Gasteiger partial charge in [-0.1, -0.05) is 23.5 Å². The molecular formula is C19H19FN4O3S2. The van der Waals surface area contributed by atoms with E-state index in [0.717, 1.165) is 11.3 Å². The minimum atomic E-state index is -0.498. The number of hydrogen-bond donors (Lipinski definition) is 0. The average Bonchev–Trinajstić information content (AvgIpc) is 3.01. The number of methoxy groups -OCH3 is 1. The van der Waals surface area contributed by atoms with E-state index in [1.54, 1.807) is 23.8 Å². The number of ether oxygens (including phenoxy) is 1. The van der Waals surface area contributed by atoms with Crippen molar-refractivity contribution in [3.05, 3.63) is 62.9 Å². The highest BCUT2D eigenvalue weighted by atomic mass is 32.1. The van der Waals surface area contributed by atoms with Crippen LogP contribution in [0.15, 0.2) is 42.0 Å². The van der Waals surface area contributed by atoms with Crippen LogP contribution in [0.3, 0.4) is 0 Å². The number of carbonyl (C=O) groups excluding carboxylic acids is 1. The summed E-state index contributed by atoms with van der Waals surface area (Å²) in [4.78, 5) is 31.0. The Morgan fingerprint density at radius 2 is 2.24 bits per heavy atom. The van der Waals surface area contributed by atoms with Crippen molar-refractivity contribution in [2.75, 3.05) is 14.2 Å². The first-order chi connectivity index (χ1) is 13.8. The topological polar surface area (TPSA) is 69.4 Å². The fraction of sp³-hybridized carbons (Fsp3) is 0.263. The molecule has 0 N–H and O–H groups in total. The van der Waals surface area contributed by atoms with E-state index >= 15 is 0 Å². The summed E-state index contributed by atoms with van der Waals surface area (Å²) in [7, 11) is 2.98. The van der Waals surface area contributed by atoms with Crippen molar-refractivity contribution in [3.8, 4) is 5.75 Å². The van der Waals surface area contributed by atoms with Gasteiger partial charge in [0.1, 0.15) is 17.6 Å². The summed E-state index contributed by atoms with van der Waals surface area (Å²) in [5.74, 6) is -0.667. The molecule has 0 atom stereocenters. The highest BCUT2D eigenvalue weighted by Gasteiger charge is 2.16. The summed E-state index contributed by atoms with van der Waals surface area (Å²) in [6.07, 6.45) is 3.01. The van der Waals surface area contributed by atoms with E-state index in [-0.39, 0.29) is 30.3 Å². The summed E-state index contributed by atoms with van der Waals surface area (Å²) in [5, 5.41) is 0. The van der Waals surface area contributed by atoms with Crippen LogP contribution in [0.5, 0.6) is 5.75 Å². The van der Waals surface area contributed by atoms with Gasteiger partial charge in [0.25, 0.3) is 5.56 Å². The van der Waals surface area contributed by atoms with Crippen LogP contribution in [0.25, 0.3) is 10.3 Å². The highest BCUT2D eigenvalue weighted by molar-refractivity contribution is 7.73. The molecule has 3 aromatic rings. The van der Waals surface area contributed by atoms with E-state index in [2.05, 4.69) is 11.6 Å². The largest absolute Gasteiger partial charge is 0.494 e. The Balaban J connectivity index is 1.79. The summed E-state index contributed by atoms with van der Waals surface area (Å²) < 4.78 is 22.6. The van der Waals surface area contributed by atoms with Gasteiger partial charge in [-0.3, -0.25) is 14.2 Å². The maximum Gasteiger partial charge on any atom is 0.273 e. The Kier molecular flexibility index (Phi) is 6.23. The smallest absolute Gasteiger partial charge is 0.273 e. The third-order valence-electron chi connectivity index (χ3n) is 4.32. The normalized spacial score (nSPS) is 10.9. The van der Waals surface area contributed by atoms with Crippen LogP contribution in [-0.4, -0.2) is 39.1 Å². The minimum absolute atomic E-state index is 0.138. The van der Waals surface area contributed by atoms with E-state index < -0.39 is 5.82 Å². The first kappa shape index (κ1) is 20.9. The Bertz CT molecular complexity index is 1200. The molecule has 10 heteroatoms. The molecule has 0 saturated carbocycles. The fourth-order valence-electron chi connectivity index (χ4n) is 2.81. The average molecular weight is 435 g/mol. The van der Waals surface area contributed by atoms with E-state index in [0.29, 0.717) is 26.4 Å². The molecule has 7 nitrogen and oxygen atoms in total. The molecule has 0 aliphatic heterocycles. The lowest BCUT2D eigenvalue weighted by Crippen LogP contribution is -2.33. The number of carbonyl (C=O) groups is 1. The molecule has 0 radical (unpaired) electrons. The molecule has 3 rings (SSSR count). The van der Waals surface area contributed by atoms with Crippen LogP contribution in [0.4, 0.5) is 4.39 Å². The first-order valence-corrected chi connectivity index (χ1v) is 9.84. The number of benzene rings is 1. The molecule has 0 bridgehead atoms. The second kappa shape index (κ2) is 8.66. The number of thiazole rings is 1. The van der Waals surface area contributed by atoms with Gasteiger partial charge in [0.15, 0.2) is 21.2 Å². The third kappa shape index (κ3) is 4.28. The molecule has 0 saturated heterocycles. The van der Waals surface area contributed by atoms with Crippen LogP contribution in [0.1, 0.15) is 5.56 Å². The van der Waals surface area contributed by atoms with Gasteiger partial charge in [-0.15, -0.1) is 6.58 Å². The maximum absolute atomic E-state index is 13.8. The molecular weight excluding hydrogens is 415 g/mol. The summed E-state index contributed by atoms with van der Waals surface area (Å²) >= 11 is 6.44. The molecule has 29 heavy (non-hydrogen) atoms. The molecule has 1 aromatic carbocycles. The summed E-state index contributed by atoms with van der Waals surface area (Å²) in [6, 6.07) is 4.51. The molecule has 2 aromatic heterocycles. The maximum atomic E-state index is 13.8. The Morgan fingerprint density at radius 1 is 1.48 bits per heavy atom. The Hall–Kier alpha value is -2.85.